The molecule has 1 amide bonds. The number of anilines is 1. The van der Waals surface area contributed by atoms with Crippen LogP contribution in [0.4, 0.5) is 5.69 Å². The molecule has 0 heterocycles. The lowest BCUT2D eigenvalue weighted by atomic mass is 10.1. The second-order valence-corrected chi connectivity index (χ2v) is 4.04. The van der Waals surface area contributed by atoms with Gasteiger partial charge in [-0.2, -0.15) is 0 Å². The highest BCUT2D eigenvalue weighted by Crippen LogP contribution is 2.37. The summed E-state index contributed by atoms with van der Waals surface area (Å²) < 4.78 is 0. The average molecular weight is 226 g/mol. The van der Waals surface area contributed by atoms with Crippen molar-refractivity contribution in [3.8, 4) is 11.1 Å². The van der Waals surface area contributed by atoms with Crippen LogP contribution in [0.5, 0.6) is 0 Å². The van der Waals surface area contributed by atoms with Gasteiger partial charge in [0.25, 0.3) is 5.91 Å². The first-order chi connectivity index (χ1) is 8.15. The quantitative estimate of drug-likeness (QED) is 0.737. The maximum absolute atomic E-state index is 11.7. The van der Waals surface area contributed by atoms with Crippen LogP contribution in [-0.2, 0) is 0 Å². The molecule has 0 saturated carbocycles. The molecule has 0 aromatic heterocycles. The number of nitrogens with zero attached hydrogens (tertiary/aromatic N) is 2. The smallest absolute Gasteiger partial charge is 0.278 e. The van der Waals surface area contributed by atoms with Gasteiger partial charge in [0, 0.05) is 19.7 Å². The van der Waals surface area contributed by atoms with Crippen LogP contribution < -0.4 is 4.90 Å². The Morgan fingerprint density at radius 3 is 2.59 bits per heavy atom. The van der Waals surface area contributed by atoms with Crippen LogP contribution in [0.15, 0.2) is 41.4 Å². The second kappa shape index (κ2) is 4.37. The topological polar surface area (TPSA) is 32.7 Å². The van der Waals surface area contributed by atoms with Crippen LogP contribution in [0, 0.1) is 0 Å². The molecule has 0 aliphatic heterocycles. The zero-order valence-corrected chi connectivity index (χ0v) is 9.97. The predicted octanol–water partition coefficient (Wildman–Crippen LogP) is 2.70. The molecule has 3 heteroatoms. The van der Waals surface area contributed by atoms with Gasteiger partial charge in [-0.05, 0) is 18.3 Å². The number of carbonyl (C=O) groups excluding carboxylic acids is 1. The third kappa shape index (κ3) is 1.91. The molecule has 0 atom stereocenters. The molecular weight excluding hydrogens is 212 g/mol. The lowest BCUT2D eigenvalue weighted by Gasteiger charge is -2.14. The third-order valence-corrected chi connectivity index (χ3v) is 2.70. The van der Waals surface area contributed by atoms with E-state index in [9.17, 15) is 4.79 Å². The van der Waals surface area contributed by atoms with Crippen LogP contribution in [0.3, 0.4) is 0 Å². The predicted molar refractivity (Wildman–Crippen MR) is 71.3 cm³/mol. The van der Waals surface area contributed by atoms with Crippen molar-refractivity contribution >= 4 is 18.3 Å². The molecule has 0 N–H and O–H groups in total. The van der Waals surface area contributed by atoms with Crippen molar-refractivity contribution in [3.05, 3.63) is 42.0 Å². The fraction of sp³-hybridized carbons (Fsp3) is 0.143. The van der Waals surface area contributed by atoms with Gasteiger partial charge in [0.15, 0.2) is 0 Å². The monoisotopic (exact) mass is 226 g/mol. The number of hydrogen-bond acceptors (Lipinski definition) is 2. The van der Waals surface area contributed by atoms with Crippen molar-refractivity contribution in [2.24, 2.45) is 4.99 Å². The molecule has 86 valence electrons. The first-order valence-electron chi connectivity index (χ1n) is 5.35. The minimum Gasteiger partial charge on any atom is -0.377 e. The van der Waals surface area contributed by atoms with E-state index in [2.05, 4.69) is 11.7 Å². The van der Waals surface area contributed by atoms with Crippen LogP contribution in [0.25, 0.3) is 11.1 Å². The van der Waals surface area contributed by atoms with E-state index in [-0.39, 0.29) is 5.91 Å². The van der Waals surface area contributed by atoms with E-state index in [1.807, 2.05) is 55.4 Å². The van der Waals surface area contributed by atoms with E-state index < -0.39 is 0 Å². The Balaban J connectivity index is 2.75. The minimum atomic E-state index is -0.285. The van der Waals surface area contributed by atoms with E-state index in [4.69, 9.17) is 0 Å². The molecule has 0 spiro atoms. The lowest BCUT2D eigenvalue weighted by molar-refractivity contribution is 0.100. The zero-order chi connectivity index (χ0) is 12.4. The van der Waals surface area contributed by atoms with Crippen molar-refractivity contribution in [1.82, 2.24) is 0 Å². The summed E-state index contributed by atoms with van der Waals surface area (Å²) in [7, 11) is 3.84. The van der Waals surface area contributed by atoms with Crippen LogP contribution in [-0.4, -0.2) is 26.7 Å². The molecule has 0 fully saturated rings. The number of hydrogen-bond donors (Lipinski definition) is 0. The summed E-state index contributed by atoms with van der Waals surface area (Å²) >= 11 is 0. The average Bonchev–Trinajstić information content (AvgIpc) is 2.52. The minimum absolute atomic E-state index is 0.285. The Labute approximate surface area is 101 Å². The lowest BCUT2D eigenvalue weighted by Crippen LogP contribution is -2.11. The van der Waals surface area contributed by atoms with Crippen LogP contribution in [0.2, 0.25) is 0 Å². The van der Waals surface area contributed by atoms with E-state index in [0.717, 1.165) is 16.8 Å². The molecule has 0 saturated heterocycles. The van der Waals surface area contributed by atoms with Crippen molar-refractivity contribution in [2.45, 2.75) is 0 Å². The molecule has 17 heavy (non-hydrogen) atoms. The summed E-state index contributed by atoms with van der Waals surface area (Å²) in [6.07, 6.45) is 0. The Kier molecular flexibility index (Phi) is 2.91. The first-order valence-corrected chi connectivity index (χ1v) is 5.35. The van der Waals surface area contributed by atoms with Gasteiger partial charge in [0.2, 0.25) is 0 Å². The van der Waals surface area contributed by atoms with Gasteiger partial charge in [-0.3, -0.25) is 4.79 Å². The van der Waals surface area contributed by atoms with Gasteiger partial charge in [-0.1, -0.05) is 30.3 Å². The number of carbonyl (C=O) groups is 1. The number of amides is 1. The summed E-state index contributed by atoms with van der Waals surface area (Å²) in [5.41, 5.74) is 3.58. The number of fused-ring (bicyclic) bond motifs is 1. The van der Waals surface area contributed by atoms with Crippen molar-refractivity contribution in [2.75, 3.05) is 19.0 Å². The molecule has 0 bridgehead atoms. The highest BCUT2D eigenvalue weighted by molar-refractivity contribution is 6.08. The highest BCUT2D eigenvalue weighted by Gasteiger charge is 2.20. The Morgan fingerprint density at radius 2 is 1.94 bits per heavy atom. The van der Waals surface area contributed by atoms with E-state index in [0.29, 0.717) is 5.56 Å². The second-order valence-electron chi connectivity index (χ2n) is 4.04. The van der Waals surface area contributed by atoms with E-state index >= 15 is 0 Å². The molecule has 0 aromatic carbocycles. The van der Waals surface area contributed by atoms with Gasteiger partial charge in [0.05, 0.1) is 11.3 Å². The molecule has 2 aliphatic carbocycles. The summed E-state index contributed by atoms with van der Waals surface area (Å²) in [4.78, 5) is 17.2. The maximum atomic E-state index is 11.7. The van der Waals surface area contributed by atoms with Crippen LogP contribution in [0.1, 0.15) is 10.4 Å². The normalized spacial score (nSPS) is 10.2. The molecule has 2 rings (SSSR count). The molecule has 3 nitrogen and oxygen atoms in total. The van der Waals surface area contributed by atoms with Gasteiger partial charge in [0.1, 0.15) is 0 Å². The van der Waals surface area contributed by atoms with Crippen LogP contribution >= 0.6 is 0 Å². The van der Waals surface area contributed by atoms with E-state index in [1.54, 1.807) is 0 Å². The molecule has 2 aliphatic rings. The van der Waals surface area contributed by atoms with Gasteiger partial charge >= 0.3 is 0 Å². The SMILES string of the molecule is C=NC(=O)c1cc2cccccc-2c1N(C)C. The van der Waals surface area contributed by atoms with Gasteiger partial charge in [-0.15, -0.1) is 0 Å². The van der Waals surface area contributed by atoms with Crippen molar-refractivity contribution < 1.29 is 4.79 Å². The fourth-order valence-electron chi connectivity index (χ4n) is 2.00. The summed E-state index contributed by atoms with van der Waals surface area (Å²) in [5.74, 6) is -0.285. The van der Waals surface area contributed by atoms with Crippen molar-refractivity contribution in [3.63, 3.8) is 0 Å². The Bertz CT molecular complexity index is 546. The van der Waals surface area contributed by atoms with E-state index in [1.165, 1.54) is 0 Å². The summed E-state index contributed by atoms with van der Waals surface area (Å²) in [5, 5.41) is 0. The summed E-state index contributed by atoms with van der Waals surface area (Å²) in [6.45, 7) is 3.30. The maximum Gasteiger partial charge on any atom is 0.278 e. The Morgan fingerprint density at radius 1 is 1.24 bits per heavy atom. The Hall–Kier alpha value is -2.16. The third-order valence-electron chi connectivity index (χ3n) is 2.70. The zero-order valence-electron chi connectivity index (χ0n) is 9.97. The van der Waals surface area contributed by atoms with Gasteiger partial charge < -0.3 is 4.90 Å². The van der Waals surface area contributed by atoms with Crippen molar-refractivity contribution in [1.29, 1.82) is 0 Å². The fourth-order valence-corrected chi connectivity index (χ4v) is 2.00. The summed E-state index contributed by atoms with van der Waals surface area (Å²) in [6, 6.07) is 11.7. The highest BCUT2D eigenvalue weighted by atomic mass is 16.1. The van der Waals surface area contributed by atoms with Gasteiger partial charge in [-0.25, -0.2) is 4.99 Å². The molecular formula is C14H14N2O. The number of aliphatic imine (C=N–C) groups is 1. The standard InChI is InChI=1S/C14H14N2O/c1-15-14(17)12-9-10-7-5-4-6-8-11(10)13(12)16(2)3/h4-9H,1H2,2-3H3. The first kappa shape index (κ1) is 11.3. The number of rotatable bonds is 2. The molecule has 0 aromatic rings. The molecule has 0 radical (unpaired) electrons. The molecule has 0 unspecified atom stereocenters. The largest absolute Gasteiger partial charge is 0.377 e.